The van der Waals surface area contributed by atoms with E-state index in [-0.39, 0.29) is 0 Å². The lowest BCUT2D eigenvalue weighted by Crippen LogP contribution is -1.59. The molecule has 0 aromatic carbocycles. The van der Waals surface area contributed by atoms with Gasteiger partial charge in [-0.05, 0) is 81.8 Å². The van der Waals surface area contributed by atoms with Crippen LogP contribution < -0.4 is 0 Å². The molecule has 0 unspecified atom stereocenters. The number of rotatable bonds is 0. The highest BCUT2D eigenvalue weighted by Gasteiger charge is 1.86. The zero-order valence-electron chi connectivity index (χ0n) is 13.8. The Morgan fingerprint density at radius 1 is 0.857 bits per heavy atom. The van der Waals surface area contributed by atoms with Crippen molar-refractivity contribution < 1.29 is 4.42 Å². The molecule has 3 aromatic rings. The van der Waals surface area contributed by atoms with Crippen molar-refractivity contribution in [2.24, 2.45) is 0 Å². The standard InChI is InChI=1S/C6H9N.C6H8O.C6H8S/c3*1-5-3-6(2)7-4-5/h3-4,7H,1-2H3;2*3-4H,1-2H3. The summed E-state index contributed by atoms with van der Waals surface area (Å²) in [5.74, 6) is 0.984. The number of nitrogens with one attached hydrogen (secondary N) is 1. The number of aryl methyl sites for hydroxylation is 6. The molecule has 0 saturated heterocycles. The second-order valence-corrected chi connectivity index (χ2v) is 6.44. The van der Waals surface area contributed by atoms with E-state index in [0.29, 0.717) is 0 Å². The third-order valence-electron chi connectivity index (χ3n) is 2.69. The van der Waals surface area contributed by atoms with Gasteiger partial charge in [0.05, 0.1) is 6.26 Å². The topological polar surface area (TPSA) is 28.9 Å². The molecule has 3 aromatic heterocycles. The first-order chi connectivity index (χ1) is 9.86. The van der Waals surface area contributed by atoms with E-state index in [2.05, 4.69) is 43.3 Å². The summed E-state index contributed by atoms with van der Waals surface area (Å²) >= 11 is 1.80. The third kappa shape index (κ3) is 7.57. The van der Waals surface area contributed by atoms with Gasteiger partial charge >= 0.3 is 0 Å². The molecule has 0 bridgehead atoms. The van der Waals surface area contributed by atoms with Crippen LogP contribution in [0.1, 0.15) is 33.0 Å². The predicted octanol–water partition coefficient (Wildman–Crippen LogP) is 5.89. The summed E-state index contributed by atoms with van der Waals surface area (Å²) < 4.78 is 4.96. The van der Waals surface area contributed by atoms with Crippen LogP contribution in [-0.4, -0.2) is 4.98 Å². The molecule has 3 heteroatoms. The summed E-state index contributed by atoms with van der Waals surface area (Å²) in [6.07, 6.45) is 3.74. The largest absolute Gasteiger partial charge is 0.469 e. The van der Waals surface area contributed by atoms with Crippen LogP contribution in [0.25, 0.3) is 0 Å². The van der Waals surface area contributed by atoms with Crippen molar-refractivity contribution in [1.29, 1.82) is 0 Å². The number of hydrogen-bond acceptors (Lipinski definition) is 2. The Labute approximate surface area is 131 Å². The van der Waals surface area contributed by atoms with Crippen molar-refractivity contribution in [3.8, 4) is 0 Å². The Balaban J connectivity index is 0.000000157. The van der Waals surface area contributed by atoms with Crippen LogP contribution in [-0.2, 0) is 0 Å². The molecule has 3 heterocycles. The van der Waals surface area contributed by atoms with E-state index in [9.17, 15) is 0 Å². The maximum atomic E-state index is 4.96. The second kappa shape index (κ2) is 8.53. The lowest BCUT2D eigenvalue weighted by atomic mass is 10.4. The molecule has 0 atom stereocenters. The number of furan rings is 1. The minimum absolute atomic E-state index is 0.984. The zero-order valence-corrected chi connectivity index (χ0v) is 14.6. The number of thiophene rings is 1. The average molecular weight is 303 g/mol. The minimum Gasteiger partial charge on any atom is -0.469 e. The van der Waals surface area contributed by atoms with Crippen LogP contribution in [0.5, 0.6) is 0 Å². The summed E-state index contributed by atoms with van der Waals surface area (Å²) in [6, 6.07) is 6.30. The molecule has 114 valence electrons. The van der Waals surface area contributed by atoms with E-state index in [1.807, 2.05) is 33.0 Å². The fourth-order valence-corrected chi connectivity index (χ4v) is 2.50. The van der Waals surface area contributed by atoms with Crippen LogP contribution >= 0.6 is 11.3 Å². The van der Waals surface area contributed by atoms with Crippen LogP contribution in [0.4, 0.5) is 0 Å². The Hall–Kier alpha value is -1.74. The monoisotopic (exact) mass is 303 g/mol. The van der Waals surface area contributed by atoms with E-state index in [4.69, 9.17) is 4.42 Å². The van der Waals surface area contributed by atoms with E-state index in [0.717, 1.165) is 5.76 Å². The molecule has 0 aliphatic rings. The Morgan fingerprint density at radius 2 is 1.57 bits per heavy atom. The maximum absolute atomic E-state index is 4.96. The third-order valence-corrected chi connectivity index (χ3v) is 3.67. The number of hydrogen-bond donors (Lipinski definition) is 1. The van der Waals surface area contributed by atoms with Gasteiger partial charge in [-0.1, -0.05) is 0 Å². The van der Waals surface area contributed by atoms with Gasteiger partial charge < -0.3 is 9.40 Å². The van der Waals surface area contributed by atoms with Crippen molar-refractivity contribution in [2.75, 3.05) is 0 Å². The summed E-state index contributed by atoms with van der Waals surface area (Å²) in [7, 11) is 0. The molecule has 21 heavy (non-hydrogen) atoms. The van der Waals surface area contributed by atoms with Gasteiger partial charge in [0.1, 0.15) is 5.76 Å². The minimum atomic E-state index is 0.984. The maximum Gasteiger partial charge on any atom is 0.100 e. The van der Waals surface area contributed by atoms with E-state index < -0.39 is 0 Å². The summed E-state index contributed by atoms with van der Waals surface area (Å²) in [6.45, 7) is 12.3. The van der Waals surface area contributed by atoms with Crippen LogP contribution in [0.2, 0.25) is 0 Å². The quantitative estimate of drug-likeness (QED) is 0.551. The molecule has 0 aliphatic carbocycles. The Morgan fingerprint density at radius 3 is 1.71 bits per heavy atom. The first-order valence-corrected chi connectivity index (χ1v) is 7.90. The van der Waals surface area contributed by atoms with E-state index in [1.54, 1.807) is 17.6 Å². The fraction of sp³-hybridized carbons (Fsp3) is 0.333. The Bertz CT molecular complexity index is 505. The molecule has 0 aliphatic heterocycles. The van der Waals surface area contributed by atoms with Crippen molar-refractivity contribution in [3.63, 3.8) is 0 Å². The van der Waals surface area contributed by atoms with Gasteiger partial charge in [-0.3, -0.25) is 0 Å². The van der Waals surface area contributed by atoms with Crippen molar-refractivity contribution in [3.05, 3.63) is 69.1 Å². The van der Waals surface area contributed by atoms with Crippen molar-refractivity contribution >= 4 is 11.3 Å². The molecule has 0 amide bonds. The highest BCUT2D eigenvalue weighted by molar-refractivity contribution is 7.10. The molecule has 0 saturated carbocycles. The highest BCUT2D eigenvalue weighted by Crippen LogP contribution is 2.10. The second-order valence-electron chi connectivity index (χ2n) is 5.33. The predicted molar refractivity (Wildman–Crippen MR) is 92.2 cm³/mol. The molecule has 1 N–H and O–H groups in total. The fourth-order valence-electron chi connectivity index (χ4n) is 1.80. The van der Waals surface area contributed by atoms with Gasteiger partial charge in [-0.2, -0.15) is 0 Å². The molecule has 2 nitrogen and oxygen atoms in total. The van der Waals surface area contributed by atoms with E-state index in [1.165, 1.54) is 27.3 Å². The van der Waals surface area contributed by atoms with Crippen molar-refractivity contribution in [1.82, 2.24) is 4.98 Å². The van der Waals surface area contributed by atoms with Crippen LogP contribution in [0, 0.1) is 41.5 Å². The lowest BCUT2D eigenvalue weighted by molar-refractivity contribution is 0.533. The molecular formula is C18H25NOS. The Kier molecular flexibility index (Phi) is 7.03. The van der Waals surface area contributed by atoms with E-state index >= 15 is 0 Å². The molecule has 3 rings (SSSR count). The van der Waals surface area contributed by atoms with Gasteiger partial charge in [0.2, 0.25) is 0 Å². The summed E-state index contributed by atoms with van der Waals surface area (Å²) in [4.78, 5) is 4.47. The molecule has 0 spiro atoms. The summed E-state index contributed by atoms with van der Waals surface area (Å²) in [5.41, 5.74) is 5.11. The van der Waals surface area contributed by atoms with Gasteiger partial charge in [0.25, 0.3) is 0 Å². The number of aromatic nitrogens is 1. The van der Waals surface area contributed by atoms with Gasteiger partial charge in [-0.25, -0.2) is 0 Å². The number of H-pyrrole nitrogens is 1. The lowest BCUT2D eigenvalue weighted by Gasteiger charge is -1.71. The number of aromatic amines is 1. The van der Waals surface area contributed by atoms with Gasteiger partial charge in [0, 0.05) is 16.8 Å². The molecule has 0 fully saturated rings. The SMILES string of the molecule is Cc1c[nH]c(C)c1.Cc1coc(C)c1.Cc1csc(C)c1. The average Bonchev–Trinajstić information content (AvgIpc) is 3.06. The van der Waals surface area contributed by atoms with Gasteiger partial charge in [0.15, 0.2) is 0 Å². The molecular weight excluding hydrogens is 278 g/mol. The van der Waals surface area contributed by atoms with Gasteiger partial charge in [-0.15, -0.1) is 11.3 Å². The first-order valence-electron chi connectivity index (χ1n) is 7.02. The highest BCUT2D eigenvalue weighted by atomic mass is 32.1. The molecule has 0 radical (unpaired) electrons. The van der Waals surface area contributed by atoms with Crippen LogP contribution in [0.3, 0.4) is 0 Å². The first kappa shape index (κ1) is 17.3. The smallest absolute Gasteiger partial charge is 0.100 e. The normalized spacial score (nSPS) is 9.43. The zero-order chi connectivity index (χ0) is 15.8. The summed E-state index contributed by atoms with van der Waals surface area (Å²) in [5, 5.41) is 2.16. The van der Waals surface area contributed by atoms with Crippen molar-refractivity contribution in [2.45, 2.75) is 41.5 Å². The van der Waals surface area contributed by atoms with Crippen LogP contribution in [0.15, 0.2) is 40.5 Å².